The van der Waals surface area contributed by atoms with Crippen LogP contribution in [0.3, 0.4) is 0 Å². The Balaban J connectivity index is 2.04. The molecule has 0 aliphatic heterocycles. The molecule has 0 N–H and O–H groups in total. The maximum atomic E-state index is 13.7. The van der Waals surface area contributed by atoms with Gasteiger partial charge in [0.05, 0.1) is 7.11 Å². The third-order valence-corrected chi connectivity index (χ3v) is 6.02. The molecule has 0 radical (unpaired) electrons. The summed E-state index contributed by atoms with van der Waals surface area (Å²) in [7, 11) is 1.68. The fraction of sp³-hybridized carbons (Fsp3) is 0.478. The van der Waals surface area contributed by atoms with Gasteiger partial charge in [0.1, 0.15) is 11.3 Å². The van der Waals surface area contributed by atoms with Crippen LogP contribution in [-0.2, 0) is 6.42 Å². The molecule has 148 valence electrons. The molecular weight excluding hydrogens is 350 g/mol. The van der Waals surface area contributed by atoms with Crippen molar-refractivity contribution in [3.05, 3.63) is 51.4 Å². The largest absolute Gasteiger partial charge is 0.497 e. The molecule has 1 unspecified atom stereocenters. The second-order valence-electron chi connectivity index (χ2n) is 7.92. The van der Waals surface area contributed by atoms with Gasteiger partial charge >= 0.3 is 0 Å². The van der Waals surface area contributed by atoms with E-state index in [9.17, 15) is 4.79 Å². The summed E-state index contributed by atoms with van der Waals surface area (Å²) in [6.07, 6.45) is 3.94. The molecule has 1 aromatic carbocycles. The van der Waals surface area contributed by atoms with Crippen LogP contribution in [-0.4, -0.2) is 21.3 Å². The fourth-order valence-electron chi connectivity index (χ4n) is 4.01. The summed E-state index contributed by atoms with van der Waals surface area (Å²) < 4.78 is 9.21. The summed E-state index contributed by atoms with van der Waals surface area (Å²) in [6.45, 7) is 8.50. The molecule has 3 aromatic rings. The number of methoxy groups -OCH3 is 1. The van der Waals surface area contributed by atoms with Gasteiger partial charge in [-0.05, 0) is 73.9 Å². The third kappa shape index (κ3) is 2.93. The van der Waals surface area contributed by atoms with E-state index in [0.29, 0.717) is 5.92 Å². The number of fused-ring (bicyclic) bond motifs is 1. The summed E-state index contributed by atoms with van der Waals surface area (Å²) in [5, 5.41) is 5.01. The highest BCUT2D eigenvalue weighted by atomic mass is 16.5. The second kappa shape index (κ2) is 7.12. The van der Waals surface area contributed by atoms with E-state index in [1.807, 2.05) is 28.1 Å². The maximum absolute atomic E-state index is 13.7. The molecule has 5 nitrogen and oxygen atoms in total. The fourth-order valence-corrected chi connectivity index (χ4v) is 4.01. The quantitative estimate of drug-likeness (QED) is 0.613. The highest BCUT2D eigenvalue weighted by Crippen LogP contribution is 2.38. The Labute approximate surface area is 166 Å². The zero-order valence-electron chi connectivity index (χ0n) is 17.5. The molecule has 2 heterocycles. The second-order valence-corrected chi connectivity index (χ2v) is 7.92. The van der Waals surface area contributed by atoms with Gasteiger partial charge in [-0.1, -0.05) is 20.8 Å². The van der Waals surface area contributed by atoms with Crippen LogP contribution in [0.25, 0.3) is 16.9 Å². The summed E-state index contributed by atoms with van der Waals surface area (Å²) in [5.41, 5.74) is 5.13. The summed E-state index contributed by atoms with van der Waals surface area (Å²) in [4.78, 5) is 13.7. The minimum absolute atomic E-state index is 0.0915. The van der Waals surface area contributed by atoms with Gasteiger partial charge < -0.3 is 4.74 Å². The monoisotopic (exact) mass is 379 g/mol. The number of aromatic nitrogens is 3. The van der Waals surface area contributed by atoms with Crippen molar-refractivity contribution in [1.82, 2.24) is 14.2 Å². The lowest BCUT2D eigenvalue weighted by Crippen LogP contribution is -2.26. The molecular formula is C23H29N3O2. The van der Waals surface area contributed by atoms with E-state index in [2.05, 4.69) is 32.9 Å². The van der Waals surface area contributed by atoms with Gasteiger partial charge in [0.2, 0.25) is 0 Å². The molecule has 0 saturated heterocycles. The number of aryl methyl sites for hydroxylation is 2. The van der Waals surface area contributed by atoms with Crippen LogP contribution in [0.2, 0.25) is 0 Å². The van der Waals surface area contributed by atoms with Gasteiger partial charge in [-0.25, -0.2) is 4.52 Å². The van der Waals surface area contributed by atoms with E-state index < -0.39 is 0 Å². The van der Waals surface area contributed by atoms with Crippen LogP contribution in [0, 0.1) is 6.92 Å². The third-order valence-electron chi connectivity index (χ3n) is 6.02. The standard InChI is InChI=1S/C23H29N3O2/c1-6-14(3)20-12-15(4)26-21(20)23(27)25(17-8-9-17)22(24-26)19-11-10-18(28-5)13-16(19)7-2/h10-14,17H,6-9H2,1-5H3. The van der Waals surface area contributed by atoms with Gasteiger partial charge in [-0.15, -0.1) is 5.10 Å². The first-order valence-corrected chi connectivity index (χ1v) is 10.3. The lowest BCUT2D eigenvalue weighted by molar-refractivity contribution is 0.414. The summed E-state index contributed by atoms with van der Waals surface area (Å²) in [6, 6.07) is 8.43. The van der Waals surface area contributed by atoms with Gasteiger partial charge in [0.15, 0.2) is 5.82 Å². The molecule has 1 aliphatic rings. The van der Waals surface area contributed by atoms with Crippen molar-refractivity contribution in [2.45, 2.75) is 65.3 Å². The topological polar surface area (TPSA) is 48.5 Å². The van der Waals surface area contributed by atoms with Crippen LogP contribution in [0.5, 0.6) is 5.75 Å². The normalized spacial score (nSPS) is 15.2. The number of rotatable bonds is 6. The number of hydrogen-bond donors (Lipinski definition) is 0. The first-order valence-electron chi connectivity index (χ1n) is 10.3. The van der Waals surface area contributed by atoms with Crippen LogP contribution in [0.4, 0.5) is 0 Å². The summed E-state index contributed by atoms with van der Waals surface area (Å²) in [5.74, 6) is 1.94. The minimum Gasteiger partial charge on any atom is -0.497 e. The first kappa shape index (κ1) is 18.8. The van der Waals surface area contributed by atoms with Crippen LogP contribution < -0.4 is 10.3 Å². The molecule has 5 heteroatoms. The molecule has 1 saturated carbocycles. The van der Waals surface area contributed by atoms with E-state index >= 15 is 0 Å². The molecule has 1 aliphatic carbocycles. The first-order chi connectivity index (χ1) is 13.5. The van der Waals surface area contributed by atoms with Crippen molar-refractivity contribution in [3.8, 4) is 17.1 Å². The number of hydrogen-bond acceptors (Lipinski definition) is 3. The molecule has 4 rings (SSSR count). The van der Waals surface area contributed by atoms with Crippen molar-refractivity contribution in [2.24, 2.45) is 0 Å². The van der Waals surface area contributed by atoms with Crippen molar-refractivity contribution >= 4 is 5.52 Å². The van der Waals surface area contributed by atoms with Crippen molar-refractivity contribution in [2.75, 3.05) is 7.11 Å². The summed E-state index contributed by atoms with van der Waals surface area (Å²) >= 11 is 0. The van der Waals surface area contributed by atoms with E-state index in [1.54, 1.807) is 7.11 Å². The molecule has 0 bridgehead atoms. The average Bonchev–Trinajstić information content (AvgIpc) is 3.49. The van der Waals surface area contributed by atoms with E-state index in [-0.39, 0.29) is 11.6 Å². The van der Waals surface area contributed by atoms with E-state index in [0.717, 1.165) is 65.2 Å². The zero-order valence-corrected chi connectivity index (χ0v) is 17.5. The van der Waals surface area contributed by atoms with Crippen molar-refractivity contribution < 1.29 is 4.74 Å². The Hall–Kier alpha value is -2.56. The molecule has 0 spiro atoms. The average molecular weight is 380 g/mol. The molecule has 1 atom stereocenters. The predicted molar refractivity (Wildman–Crippen MR) is 113 cm³/mol. The minimum atomic E-state index is 0.0915. The highest BCUT2D eigenvalue weighted by Gasteiger charge is 2.31. The van der Waals surface area contributed by atoms with Crippen molar-refractivity contribution in [1.29, 1.82) is 0 Å². The van der Waals surface area contributed by atoms with Gasteiger partial charge in [-0.3, -0.25) is 9.36 Å². The highest BCUT2D eigenvalue weighted by molar-refractivity contribution is 5.65. The predicted octanol–water partition coefficient (Wildman–Crippen LogP) is 4.89. The number of benzene rings is 1. The van der Waals surface area contributed by atoms with Gasteiger partial charge in [-0.2, -0.15) is 0 Å². The zero-order chi connectivity index (χ0) is 20.0. The van der Waals surface area contributed by atoms with Crippen LogP contribution in [0.1, 0.15) is 68.8 Å². The van der Waals surface area contributed by atoms with Crippen molar-refractivity contribution in [3.63, 3.8) is 0 Å². The molecule has 28 heavy (non-hydrogen) atoms. The lowest BCUT2D eigenvalue weighted by Gasteiger charge is -2.17. The Morgan fingerprint density at radius 3 is 2.61 bits per heavy atom. The maximum Gasteiger partial charge on any atom is 0.278 e. The molecule has 0 amide bonds. The lowest BCUT2D eigenvalue weighted by atomic mass is 10.00. The Bertz CT molecular complexity index is 1090. The van der Waals surface area contributed by atoms with Crippen LogP contribution >= 0.6 is 0 Å². The Morgan fingerprint density at radius 1 is 1.25 bits per heavy atom. The van der Waals surface area contributed by atoms with Gasteiger partial charge in [0, 0.05) is 17.3 Å². The van der Waals surface area contributed by atoms with E-state index in [1.165, 1.54) is 0 Å². The van der Waals surface area contributed by atoms with E-state index in [4.69, 9.17) is 9.84 Å². The smallest absolute Gasteiger partial charge is 0.278 e. The number of nitrogens with zero attached hydrogens (tertiary/aromatic N) is 3. The number of ether oxygens (including phenoxy) is 1. The SMILES string of the molecule is CCc1cc(OC)ccc1-c1nn2c(C)cc(C(C)CC)c2c(=O)n1C1CC1. The Kier molecular flexibility index (Phi) is 4.77. The van der Waals surface area contributed by atoms with Crippen LogP contribution in [0.15, 0.2) is 29.1 Å². The molecule has 1 fully saturated rings. The van der Waals surface area contributed by atoms with Gasteiger partial charge in [0.25, 0.3) is 5.56 Å². The Morgan fingerprint density at radius 2 is 2.00 bits per heavy atom. The molecule has 2 aromatic heterocycles.